The monoisotopic (exact) mass is 191 g/mol. The molecule has 0 amide bonds. The van der Waals surface area contributed by atoms with Crippen molar-refractivity contribution in [3.8, 4) is 5.69 Å². The van der Waals surface area contributed by atoms with Crippen LogP contribution in [0.15, 0.2) is 36.9 Å². The highest BCUT2D eigenvalue weighted by atomic mass is 19.1. The molecule has 14 heavy (non-hydrogen) atoms. The number of rotatable bonds is 2. The van der Waals surface area contributed by atoms with Gasteiger partial charge < -0.3 is 10.3 Å². The van der Waals surface area contributed by atoms with E-state index in [0.29, 0.717) is 12.2 Å². The maximum atomic E-state index is 13.5. The van der Waals surface area contributed by atoms with Gasteiger partial charge in [0.05, 0.1) is 12.0 Å². The predicted molar refractivity (Wildman–Crippen MR) is 51.4 cm³/mol. The number of hydrogen-bond donors (Lipinski definition) is 1. The minimum absolute atomic E-state index is 0.286. The Bertz CT molecular complexity index is 423. The number of para-hydroxylation sites is 1. The van der Waals surface area contributed by atoms with Crippen LogP contribution >= 0.6 is 0 Å². The highest BCUT2D eigenvalue weighted by molar-refractivity contribution is 5.42. The molecule has 2 N–H and O–H groups in total. The van der Waals surface area contributed by atoms with Gasteiger partial charge in [0.1, 0.15) is 5.82 Å². The molecular weight excluding hydrogens is 181 g/mol. The van der Waals surface area contributed by atoms with E-state index in [1.165, 1.54) is 6.07 Å². The highest BCUT2D eigenvalue weighted by Gasteiger charge is 2.08. The highest BCUT2D eigenvalue weighted by Crippen LogP contribution is 2.17. The average molecular weight is 191 g/mol. The Morgan fingerprint density at radius 3 is 2.93 bits per heavy atom. The van der Waals surface area contributed by atoms with E-state index < -0.39 is 0 Å². The third-order valence-corrected chi connectivity index (χ3v) is 2.05. The van der Waals surface area contributed by atoms with Crippen LogP contribution in [0.5, 0.6) is 0 Å². The summed E-state index contributed by atoms with van der Waals surface area (Å²) in [6.45, 7) is 0.311. The van der Waals surface area contributed by atoms with Gasteiger partial charge in [-0.15, -0.1) is 0 Å². The van der Waals surface area contributed by atoms with Crippen LogP contribution in [0.3, 0.4) is 0 Å². The Morgan fingerprint density at radius 1 is 1.43 bits per heavy atom. The summed E-state index contributed by atoms with van der Waals surface area (Å²) >= 11 is 0. The van der Waals surface area contributed by atoms with Crippen LogP contribution in [0.25, 0.3) is 5.69 Å². The summed E-state index contributed by atoms with van der Waals surface area (Å²) in [4.78, 5) is 3.87. The third kappa shape index (κ3) is 1.40. The Balaban J connectivity index is 2.61. The zero-order valence-corrected chi connectivity index (χ0v) is 7.52. The number of halogens is 1. The van der Waals surface area contributed by atoms with Crippen LogP contribution in [0.4, 0.5) is 4.39 Å². The van der Waals surface area contributed by atoms with Gasteiger partial charge in [0.25, 0.3) is 0 Å². The third-order valence-electron chi connectivity index (χ3n) is 2.05. The molecule has 1 heterocycles. The standard InChI is InChI=1S/C10H10FN3/c11-9-3-1-2-8(6-12)10(9)14-5-4-13-7-14/h1-5,7H,6,12H2. The number of nitrogens with two attached hydrogens (primary N) is 1. The van der Waals surface area contributed by atoms with Crippen molar-refractivity contribution in [1.29, 1.82) is 0 Å². The quantitative estimate of drug-likeness (QED) is 0.781. The van der Waals surface area contributed by atoms with Gasteiger partial charge in [-0.05, 0) is 11.6 Å². The van der Waals surface area contributed by atoms with E-state index in [-0.39, 0.29) is 5.82 Å². The van der Waals surface area contributed by atoms with Crippen molar-refractivity contribution in [3.05, 3.63) is 48.3 Å². The molecule has 0 unspecified atom stereocenters. The molecule has 0 fully saturated rings. The first-order chi connectivity index (χ1) is 6.83. The van der Waals surface area contributed by atoms with Gasteiger partial charge in [0, 0.05) is 18.9 Å². The number of benzene rings is 1. The largest absolute Gasteiger partial charge is 0.326 e. The van der Waals surface area contributed by atoms with Crippen LogP contribution in [0, 0.1) is 5.82 Å². The van der Waals surface area contributed by atoms with E-state index >= 15 is 0 Å². The second-order valence-corrected chi connectivity index (χ2v) is 2.92. The van der Waals surface area contributed by atoms with Crippen molar-refractivity contribution >= 4 is 0 Å². The van der Waals surface area contributed by atoms with Gasteiger partial charge in [-0.2, -0.15) is 0 Å². The van der Waals surface area contributed by atoms with Crippen molar-refractivity contribution in [2.45, 2.75) is 6.54 Å². The van der Waals surface area contributed by atoms with Gasteiger partial charge in [-0.1, -0.05) is 12.1 Å². The molecular formula is C10H10FN3. The number of aromatic nitrogens is 2. The second-order valence-electron chi connectivity index (χ2n) is 2.92. The van der Waals surface area contributed by atoms with Crippen LogP contribution in [0.1, 0.15) is 5.56 Å². The zero-order chi connectivity index (χ0) is 9.97. The maximum absolute atomic E-state index is 13.5. The minimum atomic E-state index is -0.286. The van der Waals surface area contributed by atoms with Gasteiger partial charge in [-0.3, -0.25) is 0 Å². The molecule has 0 aliphatic rings. The smallest absolute Gasteiger partial charge is 0.147 e. The SMILES string of the molecule is NCc1cccc(F)c1-n1ccnc1. The summed E-state index contributed by atoms with van der Waals surface area (Å²) in [6.07, 6.45) is 4.85. The molecule has 0 atom stereocenters. The molecule has 72 valence electrons. The van der Waals surface area contributed by atoms with Crippen LogP contribution in [-0.4, -0.2) is 9.55 Å². The first-order valence-electron chi connectivity index (χ1n) is 4.28. The van der Waals surface area contributed by atoms with E-state index in [9.17, 15) is 4.39 Å². The fourth-order valence-corrected chi connectivity index (χ4v) is 1.41. The van der Waals surface area contributed by atoms with Crippen molar-refractivity contribution in [2.24, 2.45) is 5.73 Å². The zero-order valence-electron chi connectivity index (χ0n) is 7.52. The lowest BCUT2D eigenvalue weighted by atomic mass is 10.1. The molecule has 4 heteroatoms. The molecule has 0 aliphatic heterocycles. The molecule has 3 nitrogen and oxygen atoms in total. The Labute approximate surface area is 81.0 Å². The minimum Gasteiger partial charge on any atom is -0.326 e. The summed E-state index contributed by atoms with van der Waals surface area (Å²) in [5.74, 6) is -0.286. The predicted octanol–water partition coefficient (Wildman–Crippen LogP) is 1.47. The number of hydrogen-bond acceptors (Lipinski definition) is 2. The fraction of sp³-hybridized carbons (Fsp3) is 0.100. The van der Waals surface area contributed by atoms with Crippen molar-refractivity contribution in [1.82, 2.24) is 9.55 Å². The van der Waals surface area contributed by atoms with Gasteiger partial charge in [-0.25, -0.2) is 9.37 Å². The van der Waals surface area contributed by atoms with E-state index in [4.69, 9.17) is 5.73 Å². The molecule has 1 aromatic carbocycles. The molecule has 0 bridgehead atoms. The van der Waals surface area contributed by atoms with Crippen molar-refractivity contribution < 1.29 is 4.39 Å². The lowest BCUT2D eigenvalue weighted by molar-refractivity contribution is 0.615. The van der Waals surface area contributed by atoms with Crippen LogP contribution in [0.2, 0.25) is 0 Å². The fourth-order valence-electron chi connectivity index (χ4n) is 1.41. The average Bonchev–Trinajstić information content (AvgIpc) is 2.70. The topological polar surface area (TPSA) is 43.8 Å². The Kier molecular flexibility index (Phi) is 2.28. The Hall–Kier alpha value is -1.68. The lowest BCUT2D eigenvalue weighted by Crippen LogP contribution is -2.05. The first-order valence-corrected chi connectivity index (χ1v) is 4.28. The van der Waals surface area contributed by atoms with Crippen LogP contribution < -0.4 is 5.73 Å². The van der Waals surface area contributed by atoms with Gasteiger partial charge in [0.2, 0.25) is 0 Å². The number of imidazole rings is 1. The van der Waals surface area contributed by atoms with E-state index in [1.54, 1.807) is 35.4 Å². The lowest BCUT2D eigenvalue weighted by Gasteiger charge is -2.08. The molecule has 0 radical (unpaired) electrons. The molecule has 0 spiro atoms. The molecule has 2 aromatic rings. The van der Waals surface area contributed by atoms with Gasteiger partial charge >= 0.3 is 0 Å². The van der Waals surface area contributed by atoms with Crippen molar-refractivity contribution in [2.75, 3.05) is 0 Å². The molecule has 2 rings (SSSR count). The maximum Gasteiger partial charge on any atom is 0.147 e. The molecule has 0 aliphatic carbocycles. The molecule has 1 aromatic heterocycles. The first kappa shape index (κ1) is 8.90. The van der Waals surface area contributed by atoms with Crippen LogP contribution in [-0.2, 0) is 6.54 Å². The summed E-state index contributed by atoms with van der Waals surface area (Å²) in [6, 6.07) is 4.87. The summed E-state index contributed by atoms with van der Waals surface area (Å²) in [7, 11) is 0. The summed E-state index contributed by atoms with van der Waals surface area (Å²) < 4.78 is 15.1. The second kappa shape index (κ2) is 3.59. The van der Waals surface area contributed by atoms with E-state index in [2.05, 4.69) is 4.98 Å². The van der Waals surface area contributed by atoms with E-state index in [1.807, 2.05) is 0 Å². The van der Waals surface area contributed by atoms with Gasteiger partial charge in [0.15, 0.2) is 0 Å². The normalized spacial score (nSPS) is 10.4. The number of nitrogens with zero attached hydrogens (tertiary/aromatic N) is 2. The summed E-state index contributed by atoms with van der Waals surface area (Å²) in [5.41, 5.74) is 6.77. The van der Waals surface area contributed by atoms with E-state index in [0.717, 1.165) is 5.56 Å². The Morgan fingerprint density at radius 2 is 2.29 bits per heavy atom. The van der Waals surface area contributed by atoms with Crippen molar-refractivity contribution in [3.63, 3.8) is 0 Å². The molecule has 0 saturated carbocycles. The summed E-state index contributed by atoms with van der Waals surface area (Å²) in [5, 5.41) is 0. The molecule has 0 saturated heterocycles.